The Labute approximate surface area is 78.8 Å². The first-order valence-electron chi connectivity index (χ1n) is 4.17. The number of rotatable bonds is 7. The minimum absolute atomic E-state index is 0.381. The Balaban J connectivity index is 4.21. The monoisotopic (exact) mass is 193 g/mol. The van der Waals surface area contributed by atoms with E-state index in [1.165, 1.54) is 21.3 Å². The predicted molar refractivity (Wildman–Crippen MR) is 48.1 cm³/mol. The second-order valence-corrected chi connectivity index (χ2v) is 2.74. The molecule has 0 aliphatic heterocycles. The van der Waals surface area contributed by atoms with Crippen molar-refractivity contribution in [1.29, 1.82) is 0 Å². The van der Waals surface area contributed by atoms with Crippen molar-refractivity contribution in [2.75, 3.05) is 27.9 Å². The summed E-state index contributed by atoms with van der Waals surface area (Å²) in [5, 5.41) is 9.88. The van der Waals surface area contributed by atoms with Gasteiger partial charge in [-0.3, -0.25) is 0 Å². The van der Waals surface area contributed by atoms with Crippen molar-refractivity contribution in [3.05, 3.63) is 0 Å². The van der Waals surface area contributed by atoms with Gasteiger partial charge in [0.1, 0.15) is 0 Å². The van der Waals surface area contributed by atoms with Gasteiger partial charge in [0.05, 0.1) is 0 Å². The first kappa shape index (κ1) is 12.8. The van der Waals surface area contributed by atoms with Crippen molar-refractivity contribution in [2.24, 2.45) is 5.73 Å². The molecule has 1 unspecified atom stereocenters. The average Bonchev–Trinajstić information content (AvgIpc) is 2.16. The van der Waals surface area contributed by atoms with Gasteiger partial charge in [-0.25, -0.2) is 0 Å². The lowest BCUT2D eigenvalue weighted by molar-refractivity contribution is -0.318. The van der Waals surface area contributed by atoms with E-state index in [0.29, 0.717) is 19.4 Å². The van der Waals surface area contributed by atoms with Gasteiger partial charge in [0.25, 0.3) is 0 Å². The van der Waals surface area contributed by atoms with Gasteiger partial charge < -0.3 is 25.1 Å². The molecule has 0 bridgehead atoms. The van der Waals surface area contributed by atoms with Crippen LogP contribution in [-0.2, 0) is 14.2 Å². The number of ether oxygens (including phenoxy) is 3. The maximum absolute atomic E-state index is 9.88. The average molecular weight is 193 g/mol. The zero-order valence-electron chi connectivity index (χ0n) is 8.45. The Hall–Kier alpha value is -0.200. The Morgan fingerprint density at radius 1 is 1.31 bits per heavy atom. The standard InChI is InChI=1S/C8H19NO4/c1-11-7(12-2)8(10,13-3)5-4-6-9/h7,10H,4-6,9H2,1-3H3. The van der Waals surface area contributed by atoms with Crippen LogP contribution in [0.5, 0.6) is 0 Å². The fourth-order valence-electron chi connectivity index (χ4n) is 1.14. The highest BCUT2D eigenvalue weighted by Crippen LogP contribution is 2.20. The summed E-state index contributed by atoms with van der Waals surface area (Å²) >= 11 is 0. The minimum Gasteiger partial charge on any atom is -0.362 e. The van der Waals surface area contributed by atoms with Crippen LogP contribution < -0.4 is 5.73 Å². The highest BCUT2D eigenvalue weighted by atomic mass is 16.7. The maximum Gasteiger partial charge on any atom is 0.217 e. The third-order valence-corrected chi connectivity index (χ3v) is 1.89. The highest BCUT2D eigenvalue weighted by molar-refractivity contribution is 4.71. The summed E-state index contributed by atoms with van der Waals surface area (Å²) in [5.74, 6) is -1.41. The molecule has 80 valence electrons. The van der Waals surface area contributed by atoms with Crippen LogP contribution in [0.25, 0.3) is 0 Å². The highest BCUT2D eigenvalue weighted by Gasteiger charge is 2.36. The third-order valence-electron chi connectivity index (χ3n) is 1.89. The Morgan fingerprint density at radius 3 is 2.15 bits per heavy atom. The lowest BCUT2D eigenvalue weighted by Gasteiger charge is -2.32. The van der Waals surface area contributed by atoms with E-state index in [0.717, 1.165) is 0 Å². The summed E-state index contributed by atoms with van der Waals surface area (Å²) in [4.78, 5) is 0. The van der Waals surface area contributed by atoms with Gasteiger partial charge in [0.2, 0.25) is 12.1 Å². The summed E-state index contributed by atoms with van der Waals surface area (Å²) in [7, 11) is 4.29. The molecule has 0 fully saturated rings. The molecule has 0 radical (unpaired) electrons. The molecule has 0 aliphatic carbocycles. The largest absolute Gasteiger partial charge is 0.362 e. The minimum atomic E-state index is -1.41. The molecule has 0 heterocycles. The van der Waals surface area contributed by atoms with Crippen molar-refractivity contribution in [3.8, 4) is 0 Å². The molecule has 3 N–H and O–H groups in total. The molecule has 0 aromatic carbocycles. The van der Waals surface area contributed by atoms with E-state index >= 15 is 0 Å². The number of hydrogen-bond donors (Lipinski definition) is 2. The van der Waals surface area contributed by atoms with E-state index in [-0.39, 0.29) is 0 Å². The molecule has 0 spiro atoms. The molecule has 0 aliphatic rings. The van der Waals surface area contributed by atoms with Gasteiger partial charge in [-0.2, -0.15) is 0 Å². The molecular formula is C8H19NO4. The van der Waals surface area contributed by atoms with Crippen LogP contribution in [0.2, 0.25) is 0 Å². The molecule has 5 heteroatoms. The normalized spacial score (nSPS) is 16.2. The lowest BCUT2D eigenvalue weighted by atomic mass is 10.1. The summed E-state index contributed by atoms with van der Waals surface area (Å²) in [5.41, 5.74) is 5.33. The van der Waals surface area contributed by atoms with E-state index in [2.05, 4.69) is 0 Å². The summed E-state index contributed by atoms with van der Waals surface area (Å²) in [6, 6.07) is 0. The molecule has 13 heavy (non-hydrogen) atoms. The Morgan fingerprint density at radius 2 is 1.85 bits per heavy atom. The van der Waals surface area contributed by atoms with Gasteiger partial charge >= 0.3 is 0 Å². The van der Waals surface area contributed by atoms with Crippen LogP contribution in [0.15, 0.2) is 0 Å². The zero-order chi connectivity index (χ0) is 10.3. The number of aliphatic hydroxyl groups is 1. The first-order chi connectivity index (χ1) is 6.14. The van der Waals surface area contributed by atoms with Crippen LogP contribution in [0.4, 0.5) is 0 Å². The van der Waals surface area contributed by atoms with Crippen LogP contribution >= 0.6 is 0 Å². The van der Waals surface area contributed by atoms with E-state index in [1.807, 2.05) is 0 Å². The van der Waals surface area contributed by atoms with Crippen LogP contribution in [0.1, 0.15) is 12.8 Å². The third kappa shape index (κ3) is 3.58. The van der Waals surface area contributed by atoms with Crippen molar-refractivity contribution < 1.29 is 19.3 Å². The van der Waals surface area contributed by atoms with Crippen molar-refractivity contribution >= 4 is 0 Å². The molecule has 1 atom stereocenters. The topological polar surface area (TPSA) is 73.9 Å². The van der Waals surface area contributed by atoms with Crippen molar-refractivity contribution in [3.63, 3.8) is 0 Å². The molecule has 0 saturated heterocycles. The van der Waals surface area contributed by atoms with E-state index in [4.69, 9.17) is 19.9 Å². The number of nitrogens with two attached hydrogens (primary N) is 1. The molecule has 0 saturated carbocycles. The van der Waals surface area contributed by atoms with E-state index in [1.54, 1.807) is 0 Å². The van der Waals surface area contributed by atoms with Crippen LogP contribution in [0, 0.1) is 0 Å². The van der Waals surface area contributed by atoms with Gasteiger partial charge in [-0.15, -0.1) is 0 Å². The van der Waals surface area contributed by atoms with Gasteiger partial charge in [-0.1, -0.05) is 0 Å². The molecule has 0 aromatic heterocycles. The SMILES string of the molecule is COC(OC)C(O)(CCCN)OC. The molecule has 0 rings (SSSR count). The summed E-state index contributed by atoms with van der Waals surface area (Å²) in [6.07, 6.45) is 0.240. The fraction of sp³-hybridized carbons (Fsp3) is 1.00. The smallest absolute Gasteiger partial charge is 0.217 e. The quantitative estimate of drug-likeness (QED) is 0.542. The molecule has 5 nitrogen and oxygen atoms in total. The second kappa shape index (κ2) is 6.28. The Bertz CT molecular complexity index is 129. The van der Waals surface area contributed by atoms with Gasteiger partial charge in [-0.05, 0) is 13.0 Å². The zero-order valence-corrected chi connectivity index (χ0v) is 8.45. The van der Waals surface area contributed by atoms with Crippen LogP contribution in [0.3, 0.4) is 0 Å². The number of methoxy groups -OCH3 is 3. The van der Waals surface area contributed by atoms with Crippen molar-refractivity contribution in [2.45, 2.75) is 24.9 Å². The fourth-order valence-corrected chi connectivity index (χ4v) is 1.14. The van der Waals surface area contributed by atoms with E-state index < -0.39 is 12.1 Å². The second-order valence-electron chi connectivity index (χ2n) is 2.74. The first-order valence-corrected chi connectivity index (χ1v) is 4.17. The summed E-state index contributed by atoms with van der Waals surface area (Å²) in [6.45, 7) is 0.492. The van der Waals surface area contributed by atoms with Crippen LogP contribution in [-0.4, -0.2) is 45.1 Å². The maximum atomic E-state index is 9.88. The number of hydrogen-bond acceptors (Lipinski definition) is 5. The predicted octanol–water partition coefficient (Wildman–Crippen LogP) is -0.321. The Kier molecular flexibility index (Phi) is 6.19. The van der Waals surface area contributed by atoms with Crippen molar-refractivity contribution in [1.82, 2.24) is 0 Å². The van der Waals surface area contributed by atoms with Gasteiger partial charge in [0, 0.05) is 27.8 Å². The summed E-state index contributed by atoms with van der Waals surface area (Å²) < 4.78 is 14.8. The van der Waals surface area contributed by atoms with Gasteiger partial charge in [0.15, 0.2) is 0 Å². The molecular weight excluding hydrogens is 174 g/mol. The molecule has 0 amide bonds. The lowest BCUT2D eigenvalue weighted by Crippen LogP contribution is -2.46. The molecule has 0 aromatic rings. The van der Waals surface area contributed by atoms with E-state index in [9.17, 15) is 5.11 Å².